The third kappa shape index (κ3) is 2.54. The van der Waals surface area contributed by atoms with Gasteiger partial charge in [-0.25, -0.2) is 0 Å². The third-order valence-corrected chi connectivity index (χ3v) is 4.72. The van der Waals surface area contributed by atoms with Gasteiger partial charge in [0.25, 0.3) is 0 Å². The summed E-state index contributed by atoms with van der Waals surface area (Å²) in [5, 5.41) is 4.44. The van der Waals surface area contributed by atoms with Gasteiger partial charge in [0, 0.05) is 5.25 Å². The van der Waals surface area contributed by atoms with Gasteiger partial charge in [-0.05, 0) is 56.9 Å². The molecule has 1 aliphatic carbocycles. The molecule has 2 aliphatic rings. The van der Waals surface area contributed by atoms with Crippen molar-refractivity contribution in [1.29, 1.82) is 0 Å². The fraction of sp³-hybridized carbons (Fsp3) is 1.00. The van der Waals surface area contributed by atoms with Crippen molar-refractivity contribution in [2.24, 2.45) is 5.41 Å². The van der Waals surface area contributed by atoms with Crippen LogP contribution in [-0.4, -0.2) is 24.6 Å². The number of hydrogen-bond acceptors (Lipinski definition) is 2. The summed E-state index contributed by atoms with van der Waals surface area (Å²) in [4.78, 5) is 0. The van der Waals surface area contributed by atoms with Gasteiger partial charge in [-0.1, -0.05) is 0 Å². The van der Waals surface area contributed by atoms with Crippen LogP contribution in [0.1, 0.15) is 32.1 Å². The summed E-state index contributed by atoms with van der Waals surface area (Å²) in [6.45, 7) is 2.53. The highest BCUT2D eigenvalue weighted by Gasteiger charge is 2.39. The number of nitrogens with one attached hydrogen (secondary N) is 1. The molecule has 3 heteroatoms. The predicted octanol–water partition coefficient (Wildman–Crippen LogP) is 2.69. The van der Waals surface area contributed by atoms with E-state index in [4.69, 9.17) is 0 Å². The second-order valence-electron chi connectivity index (χ2n) is 4.35. The zero-order chi connectivity index (χ0) is 8.44. The van der Waals surface area contributed by atoms with E-state index in [2.05, 4.69) is 23.3 Å². The fourth-order valence-electron chi connectivity index (χ4n) is 2.77. The van der Waals surface area contributed by atoms with E-state index in [1.165, 1.54) is 45.2 Å². The van der Waals surface area contributed by atoms with Crippen molar-refractivity contribution in [2.75, 3.05) is 19.3 Å². The van der Waals surface area contributed by atoms with Crippen LogP contribution in [0.15, 0.2) is 0 Å². The summed E-state index contributed by atoms with van der Waals surface area (Å²) in [6.07, 6.45) is 9.61. The molecule has 0 aromatic heterocycles. The molecule has 1 spiro atoms. The first kappa shape index (κ1) is 11.7. The Balaban J connectivity index is 0.000000845. The molecule has 0 amide bonds. The predicted molar refractivity (Wildman–Crippen MR) is 62.9 cm³/mol. The quantitative estimate of drug-likeness (QED) is 0.731. The molecule has 2 rings (SSSR count). The molecule has 78 valence electrons. The zero-order valence-corrected chi connectivity index (χ0v) is 9.98. The number of halogens is 1. The van der Waals surface area contributed by atoms with Crippen LogP contribution in [-0.2, 0) is 0 Å². The van der Waals surface area contributed by atoms with Crippen LogP contribution in [0.5, 0.6) is 0 Å². The SMILES string of the molecule is CSC1CCC2(CCNCC2)C1.Cl. The van der Waals surface area contributed by atoms with E-state index >= 15 is 0 Å². The lowest BCUT2D eigenvalue weighted by Crippen LogP contribution is -2.35. The molecule has 13 heavy (non-hydrogen) atoms. The molecule has 1 saturated heterocycles. The van der Waals surface area contributed by atoms with Gasteiger partial charge in [-0.2, -0.15) is 11.8 Å². The molecule has 1 N–H and O–H groups in total. The van der Waals surface area contributed by atoms with Crippen molar-refractivity contribution in [1.82, 2.24) is 5.32 Å². The second kappa shape index (κ2) is 4.90. The normalized spacial score (nSPS) is 31.6. The molecule has 0 aromatic rings. The Labute approximate surface area is 91.8 Å². The summed E-state index contributed by atoms with van der Waals surface area (Å²) < 4.78 is 0. The van der Waals surface area contributed by atoms with Crippen molar-refractivity contribution in [2.45, 2.75) is 37.4 Å². The molecule has 1 saturated carbocycles. The van der Waals surface area contributed by atoms with Gasteiger partial charge in [0.05, 0.1) is 0 Å². The first-order valence-electron chi connectivity index (χ1n) is 5.08. The lowest BCUT2D eigenvalue weighted by atomic mass is 9.78. The number of thioether (sulfide) groups is 1. The summed E-state index contributed by atoms with van der Waals surface area (Å²) in [6, 6.07) is 0. The first-order valence-corrected chi connectivity index (χ1v) is 6.37. The zero-order valence-electron chi connectivity index (χ0n) is 8.34. The van der Waals surface area contributed by atoms with Gasteiger partial charge in [0.15, 0.2) is 0 Å². The smallest absolute Gasteiger partial charge is 0.00497 e. The minimum Gasteiger partial charge on any atom is -0.317 e. The highest BCUT2D eigenvalue weighted by atomic mass is 35.5. The summed E-state index contributed by atoms with van der Waals surface area (Å²) in [7, 11) is 0. The molecule has 0 radical (unpaired) electrons. The Morgan fingerprint density at radius 2 is 1.92 bits per heavy atom. The molecule has 1 unspecified atom stereocenters. The van der Waals surface area contributed by atoms with Crippen LogP contribution < -0.4 is 5.32 Å². The average Bonchev–Trinajstić information content (AvgIpc) is 2.50. The maximum atomic E-state index is 3.46. The highest BCUT2D eigenvalue weighted by molar-refractivity contribution is 7.99. The van der Waals surface area contributed by atoms with Crippen molar-refractivity contribution < 1.29 is 0 Å². The molecule has 0 bridgehead atoms. The Morgan fingerprint density at radius 1 is 1.23 bits per heavy atom. The maximum Gasteiger partial charge on any atom is 0.00497 e. The van der Waals surface area contributed by atoms with E-state index in [0.29, 0.717) is 0 Å². The molecule has 1 atom stereocenters. The molecular formula is C10H20ClNS. The van der Waals surface area contributed by atoms with E-state index in [1.807, 2.05) is 0 Å². The third-order valence-electron chi connectivity index (χ3n) is 3.65. The van der Waals surface area contributed by atoms with Crippen LogP contribution in [0, 0.1) is 5.41 Å². The Bertz CT molecular complexity index is 157. The topological polar surface area (TPSA) is 12.0 Å². The number of hydrogen-bond donors (Lipinski definition) is 1. The van der Waals surface area contributed by atoms with Crippen molar-refractivity contribution in [3.8, 4) is 0 Å². The summed E-state index contributed by atoms with van der Waals surface area (Å²) >= 11 is 2.08. The van der Waals surface area contributed by atoms with Crippen LogP contribution in [0.3, 0.4) is 0 Å². The molecule has 0 aromatic carbocycles. The van der Waals surface area contributed by atoms with Gasteiger partial charge in [0.1, 0.15) is 0 Å². The lowest BCUT2D eigenvalue weighted by Gasteiger charge is -2.33. The fourth-order valence-corrected chi connectivity index (χ4v) is 3.64. The van der Waals surface area contributed by atoms with Gasteiger partial charge in [-0.3, -0.25) is 0 Å². The van der Waals surface area contributed by atoms with E-state index < -0.39 is 0 Å². The average molecular weight is 222 g/mol. The minimum absolute atomic E-state index is 0. The minimum atomic E-state index is 0. The van der Waals surface area contributed by atoms with E-state index in [1.54, 1.807) is 0 Å². The molecular weight excluding hydrogens is 202 g/mol. The molecule has 1 heterocycles. The standard InChI is InChI=1S/C10H19NS.ClH/c1-12-9-2-3-10(8-9)4-6-11-7-5-10;/h9,11H,2-8H2,1H3;1H. The van der Waals surface area contributed by atoms with Gasteiger partial charge in [-0.15, -0.1) is 12.4 Å². The Morgan fingerprint density at radius 3 is 2.46 bits per heavy atom. The summed E-state index contributed by atoms with van der Waals surface area (Å²) in [5.74, 6) is 0. The molecule has 1 nitrogen and oxygen atoms in total. The maximum absolute atomic E-state index is 3.46. The molecule has 2 fully saturated rings. The number of rotatable bonds is 1. The van der Waals surface area contributed by atoms with Crippen LogP contribution in [0.4, 0.5) is 0 Å². The van der Waals surface area contributed by atoms with Crippen LogP contribution in [0.2, 0.25) is 0 Å². The largest absolute Gasteiger partial charge is 0.317 e. The van der Waals surface area contributed by atoms with Crippen LogP contribution >= 0.6 is 24.2 Å². The monoisotopic (exact) mass is 221 g/mol. The number of piperidine rings is 1. The van der Waals surface area contributed by atoms with E-state index in [9.17, 15) is 0 Å². The van der Waals surface area contributed by atoms with Gasteiger partial charge >= 0.3 is 0 Å². The van der Waals surface area contributed by atoms with Crippen molar-refractivity contribution >= 4 is 24.2 Å². The highest BCUT2D eigenvalue weighted by Crippen LogP contribution is 2.48. The van der Waals surface area contributed by atoms with Crippen molar-refractivity contribution in [3.63, 3.8) is 0 Å². The second-order valence-corrected chi connectivity index (χ2v) is 5.49. The van der Waals surface area contributed by atoms with Crippen LogP contribution in [0.25, 0.3) is 0 Å². The van der Waals surface area contributed by atoms with Gasteiger partial charge in [0.2, 0.25) is 0 Å². The summed E-state index contributed by atoms with van der Waals surface area (Å²) in [5.41, 5.74) is 0.763. The van der Waals surface area contributed by atoms with Gasteiger partial charge < -0.3 is 5.32 Å². The Kier molecular flexibility index (Phi) is 4.40. The first-order chi connectivity index (χ1) is 5.85. The van der Waals surface area contributed by atoms with E-state index in [-0.39, 0.29) is 12.4 Å². The Hall–Kier alpha value is 0.600. The van der Waals surface area contributed by atoms with E-state index in [0.717, 1.165) is 10.7 Å². The lowest BCUT2D eigenvalue weighted by molar-refractivity contribution is 0.211. The van der Waals surface area contributed by atoms with Crippen molar-refractivity contribution in [3.05, 3.63) is 0 Å². The molecule has 1 aliphatic heterocycles.